The second kappa shape index (κ2) is 10.0. The molecule has 2 aromatic rings. The van der Waals surface area contributed by atoms with Crippen LogP contribution in [-0.2, 0) is 4.79 Å². The van der Waals surface area contributed by atoms with Gasteiger partial charge in [0.1, 0.15) is 18.1 Å². The number of carbonyl (C=O) groups excluding carboxylic acids is 1. The number of alkyl halides is 3. The van der Waals surface area contributed by atoms with E-state index in [-0.39, 0.29) is 39.9 Å². The maximum Gasteiger partial charge on any atom is 0.573 e. The van der Waals surface area contributed by atoms with Gasteiger partial charge in [0.25, 0.3) is 0 Å². The lowest BCUT2D eigenvalue weighted by Crippen LogP contribution is -2.32. The molecule has 0 saturated carbocycles. The lowest BCUT2D eigenvalue weighted by Gasteiger charge is -2.19. The molecule has 0 spiro atoms. The van der Waals surface area contributed by atoms with Crippen molar-refractivity contribution in [3.8, 4) is 28.7 Å². The Morgan fingerprint density at radius 1 is 1.29 bits per heavy atom. The fraction of sp³-hybridized carbons (Fsp3) is 0.250. The predicted molar refractivity (Wildman–Crippen MR) is 109 cm³/mol. The topological polar surface area (TPSA) is 86.9 Å². The summed E-state index contributed by atoms with van der Waals surface area (Å²) in [6, 6.07) is 8.33. The molecule has 0 aromatic heterocycles. The third kappa shape index (κ3) is 6.26. The zero-order valence-corrected chi connectivity index (χ0v) is 17.5. The molecule has 1 amide bonds. The van der Waals surface area contributed by atoms with Crippen molar-refractivity contribution < 1.29 is 27.4 Å². The van der Waals surface area contributed by atoms with E-state index in [9.17, 15) is 23.2 Å². The van der Waals surface area contributed by atoms with Crippen molar-refractivity contribution in [2.45, 2.75) is 13.3 Å². The zero-order chi connectivity index (χ0) is 23.2. The van der Waals surface area contributed by atoms with Crippen molar-refractivity contribution in [2.24, 2.45) is 5.10 Å². The second-order valence-corrected chi connectivity index (χ2v) is 6.63. The van der Waals surface area contributed by atoms with Crippen molar-refractivity contribution >= 4 is 23.8 Å². The Labute approximate surface area is 181 Å². The van der Waals surface area contributed by atoms with E-state index in [0.29, 0.717) is 12.0 Å². The van der Waals surface area contributed by atoms with Crippen LogP contribution in [-0.4, -0.2) is 44.2 Å². The average Bonchev–Trinajstić information content (AvgIpc) is 2.72. The maximum absolute atomic E-state index is 12.9. The zero-order valence-electron chi connectivity index (χ0n) is 16.7. The number of nitriles is 1. The Morgan fingerprint density at radius 2 is 1.97 bits per heavy atom. The monoisotopic (exact) mass is 454 g/mol. The van der Waals surface area contributed by atoms with E-state index in [1.165, 1.54) is 43.3 Å². The molecule has 0 fully saturated rings. The quantitative estimate of drug-likeness (QED) is 0.295. The number of amides is 1. The van der Waals surface area contributed by atoms with Crippen molar-refractivity contribution in [2.75, 3.05) is 20.7 Å². The first kappa shape index (κ1) is 23.8. The maximum atomic E-state index is 12.9. The Kier molecular flexibility index (Phi) is 7.72. The minimum absolute atomic E-state index is 0.0378. The summed E-state index contributed by atoms with van der Waals surface area (Å²) in [6.07, 6.45) is -4.42. The highest BCUT2D eigenvalue weighted by Crippen LogP contribution is 2.41. The summed E-state index contributed by atoms with van der Waals surface area (Å²) in [5.74, 6) is -0.147. The fourth-order valence-electron chi connectivity index (χ4n) is 2.55. The van der Waals surface area contributed by atoms with Crippen molar-refractivity contribution in [1.82, 2.24) is 10.3 Å². The van der Waals surface area contributed by atoms with E-state index >= 15 is 0 Å². The molecule has 0 aliphatic heterocycles. The summed E-state index contributed by atoms with van der Waals surface area (Å²) in [7, 11) is 3.00. The minimum Gasteiger partial charge on any atom is -0.485 e. The third-order valence-corrected chi connectivity index (χ3v) is 4.46. The highest BCUT2D eigenvalue weighted by Gasteiger charge is 2.32. The molecule has 2 aromatic carbocycles. The van der Waals surface area contributed by atoms with Crippen molar-refractivity contribution in [1.29, 1.82) is 5.26 Å². The minimum atomic E-state index is -4.95. The van der Waals surface area contributed by atoms with Gasteiger partial charge in [-0.2, -0.15) is 10.4 Å². The van der Waals surface area contributed by atoms with Gasteiger partial charge in [-0.3, -0.25) is 4.79 Å². The molecule has 0 saturated heterocycles. The number of ether oxygens (including phenoxy) is 2. The SMILES string of the molecule is CN/N=C(/COc1cc(C)c(Cl)cc1-c1cc(C#N)ccc1OC(F)(F)F)N(C)C=O. The first-order chi connectivity index (χ1) is 14.6. The van der Waals surface area contributed by atoms with Crippen LogP contribution in [0.25, 0.3) is 11.1 Å². The molecule has 0 unspecified atom stereocenters. The third-order valence-electron chi connectivity index (χ3n) is 4.05. The van der Waals surface area contributed by atoms with E-state index in [2.05, 4.69) is 15.3 Å². The highest BCUT2D eigenvalue weighted by atomic mass is 35.5. The molecular weight excluding hydrogens is 437 g/mol. The first-order valence-electron chi connectivity index (χ1n) is 8.74. The number of carbonyl (C=O) groups is 1. The lowest BCUT2D eigenvalue weighted by molar-refractivity contribution is -0.274. The molecule has 7 nitrogen and oxygen atoms in total. The number of halogens is 4. The van der Waals surface area contributed by atoms with E-state index in [1.807, 2.05) is 6.07 Å². The number of hydrazone groups is 1. The van der Waals surface area contributed by atoms with Crippen LogP contribution in [0, 0.1) is 18.3 Å². The van der Waals surface area contributed by atoms with Crippen LogP contribution in [0.5, 0.6) is 11.5 Å². The second-order valence-electron chi connectivity index (χ2n) is 6.22. The number of hydrogen-bond acceptors (Lipinski definition) is 6. The van der Waals surface area contributed by atoms with E-state index in [4.69, 9.17) is 16.3 Å². The van der Waals surface area contributed by atoms with Gasteiger partial charge in [0.2, 0.25) is 6.41 Å². The van der Waals surface area contributed by atoms with Gasteiger partial charge >= 0.3 is 6.36 Å². The van der Waals surface area contributed by atoms with Gasteiger partial charge in [0.15, 0.2) is 5.84 Å². The van der Waals surface area contributed by atoms with Crippen LogP contribution < -0.4 is 14.9 Å². The molecule has 164 valence electrons. The number of aryl methyl sites for hydroxylation is 1. The van der Waals surface area contributed by atoms with Crippen LogP contribution in [0.3, 0.4) is 0 Å². The number of hydrogen-bond donors (Lipinski definition) is 1. The molecule has 0 bridgehead atoms. The first-order valence-corrected chi connectivity index (χ1v) is 9.12. The number of amidine groups is 1. The Hall–Kier alpha value is -3.45. The molecule has 2 rings (SSSR count). The van der Waals surface area contributed by atoms with Crippen LogP contribution >= 0.6 is 11.6 Å². The summed E-state index contributed by atoms with van der Waals surface area (Å²) in [5.41, 5.74) is 3.39. The van der Waals surface area contributed by atoms with Crippen LogP contribution in [0.15, 0.2) is 35.4 Å². The normalized spacial score (nSPS) is 11.5. The van der Waals surface area contributed by atoms with Gasteiger partial charge in [-0.15, -0.1) is 13.2 Å². The van der Waals surface area contributed by atoms with E-state index < -0.39 is 12.1 Å². The summed E-state index contributed by atoms with van der Waals surface area (Å²) in [4.78, 5) is 12.2. The number of likely N-dealkylation sites (N-methyl/N-ethyl adjacent to an activating group) is 1. The van der Waals surface area contributed by atoms with Gasteiger partial charge in [0.05, 0.1) is 11.6 Å². The summed E-state index contributed by atoms with van der Waals surface area (Å²) in [5, 5.41) is 13.4. The number of rotatable bonds is 7. The largest absolute Gasteiger partial charge is 0.573 e. The van der Waals surface area contributed by atoms with E-state index in [0.717, 1.165) is 6.07 Å². The molecular formula is C20H18ClF3N4O3. The predicted octanol–water partition coefficient (Wildman–Crippen LogP) is 4.09. The van der Waals surface area contributed by atoms with Crippen molar-refractivity contribution in [3.05, 3.63) is 46.5 Å². The molecule has 0 atom stereocenters. The van der Waals surface area contributed by atoms with Gasteiger partial charge in [0, 0.05) is 30.2 Å². The summed E-state index contributed by atoms with van der Waals surface area (Å²) in [6.45, 7) is 1.51. The Balaban J connectivity index is 2.59. The molecule has 31 heavy (non-hydrogen) atoms. The van der Waals surface area contributed by atoms with E-state index in [1.54, 1.807) is 6.92 Å². The van der Waals surface area contributed by atoms with Crippen LogP contribution in [0.2, 0.25) is 5.02 Å². The molecule has 0 aliphatic rings. The Bertz CT molecular complexity index is 1040. The summed E-state index contributed by atoms with van der Waals surface area (Å²) >= 11 is 6.21. The average molecular weight is 455 g/mol. The highest BCUT2D eigenvalue weighted by molar-refractivity contribution is 6.31. The fourth-order valence-corrected chi connectivity index (χ4v) is 2.72. The molecule has 0 radical (unpaired) electrons. The lowest BCUT2D eigenvalue weighted by atomic mass is 9.99. The molecule has 0 heterocycles. The van der Waals surface area contributed by atoms with Gasteiger partial charge in [-0.1, -0.05) is 11.6 Å². The number of nitrogens with zero attached hydrogens (tertiary/aromatic N) is 3. The van der Waals surface area contributed by atoms with Gasteiger partial charge in [-0.25, -0.2) is 0 Å². The van der Waals surface area contributed by atoms with Crippen molar-refractivity contribution in [3.63, 3.8) is 0 Å². The smallest absolute Gasteiger partial charge is 0.485 e. The van der Waals surface area contributed by atoms with Gasteiger partial charge < -0.3 is 19.8 Å². The van der Waals surface area contributed by atoms with Crippen LogP contribution in [0.1, 0.15) is 11.1 Å². The molecule has 1 N–H and O–H groups in total. The standard InChI is InChI=1S/C20H18ClF3N4O3/c1-12-6-18(30-10-19(27-26-2)28(3)11-29)15(8-16(12)21)14-7-13(9-25)4-5-17(14)31-20(22,23)24/h4-8,11,26H,10H2,1-3H3/b27-19-. The molecule has 0 aliphatic carbocycles. The number of benzene rings is 2. The summed E-state index contributed by atoms with van der Waals surface area (Å²) < 4.78 is 48.7. The number of nitrogens with one attached hydrogen (secondary N) is 1. The van der Waals surface area contributed by atoms with Gasteiger partial charge in [-0.05, 0) is 42.8 Å². The Morgan fingerprint density at radius 3 is 2.55 bits per heavy atom. The molecule has 11 heteroatoms. The van der Waals surface area contributed by atoms with Crippen LogP contribution in [0.4, 0.5) is 13.2 Å².